The number of ether oxygens (including phenoxy) is 3. The van der Waals surface area contributed by atoms with E-state index in [-0.39, 0.29) is 29.1 Å². The summed E-state index contributed by atoms with van der Waals surface area (Å²) >= 11 is 0. The minimum Gasteiger partial charge on any atom is -0.414 e. The summed E-state index contributed by atoms with van der Waals surface area (Å²) in [5.41, 5.74) is 0. The van der Waals surface area contributed by atoms with E-state index < -0.39 is 22.4 Å². The van der Waals surface area contributed by atoms with Crippen LogP contribution in [0, 0.1) is 11.8 Å². The number of hydrogen-bond donors (Lipinski definition) is 1. The lowest BCUT2D eigenvalue weighted by atomic mass is 9.78. The molecule has 1 aliphatic rings. The number of aliphatic hydroxyl groups is 1. The summed E-state index contributed by atoms with van der Waals surface area (Å²) < 4.78 is 31.3. The van der Waals surface area contributed by atoms with Gasteiger partial charge in [-0.15, -0.1) is 0 Å². The van der Waals surface area contributed by atoms with Crippen molar-refractivity contribution < 1.29 is 28.2 Å². The molecule has 0 aromatic carbocycles. The quantitative estimate of drug-likeness (QED) is 0.178. The lowest BCUT2D eigenvalue weighted by Gasteiger charge is -2.53. The third-order valence-corrected chi connectivity index (χ3v) is 18.0. The van der Waals surface area contributed by atoms with E-state index >= 15 is 0 Å². The van der Waals surface area contributed by atoms with Crippen molar-refractivity contribution in [2.45, 2.75) is 129 Å². The molecule has 1 N–H and O–H groups in total. The summed E-state index contributed by atoms with van der Waals surface area (Å²) in [4.78, 5) is 0. The Labute approximate surface area is 219 Å². The Balaban J connectivity index is 3.04. The van der Waals surface area contributed by atoms with E-state index in [9.17, 15) is 5.11 Å². The minimum atomic E-state index is -2.04. The maximum Gasteiger partial charge on any atom is 0.192 e. The number of rotatable bonds is 16. The largest absolute Gasteiger partial charge is 0.414 e. The van der Waals surface area contributed by atoms with Gasteiger partial charge in [0, 0.05) is 25.6 Å². The van der Waals surface area contributed by atoms with Gasteiger partial charge < -0.3 is 28.2 Å². The average Bonchev–Trinajstić information content (AvgIpc) is 2.80. The second-order valence-electron chi connectivity index (χ2n) is 12.0. The molecule has 1 rings (SSSR count). The molecule has 0 aromatic rings. The first-order chi connectivity index (χ1) is 16.2. The van der Waals surface area contributed by atoms with E-state index in [0.717, 1.165) is 24.6 Å². The minimum absolute atomic E-state index is 0.0533. The Morgan fingerprint density at radius 3 is 2.00 bits per heavy atom. The van der Waals surface area contributed by atoms with Crippen molar-refractivity contribution in [3.63, 3.8) is 0 Å². The topological polar surface area (TPSA) is 66.4 Å². The molecule has 8 heteroatoms. The highest BCUT2D eigenvalue weighted by atomic mass is 28.4. The lowest BCUT2D eigenvalue weighted by molar-refractivity contribution is -0.322. The molecule has 1 aliphatic heterocycles. The van der Waals surface area contributed by atoms with E-state index in [4.69, 9.17) is 23.1 Å². The van der Waals surface area contributed by atoms with Gasteiger partial charge in [-0.1, -0.05) is 55.4 Å². The molecular weight excluding hydrogens is 476 g/mol. The molecule has 0 saturated carbocycles. The zero-order valence-electron chi connectivity index (χ0n) is 24.9. The van der Waals surface area contributed by atoms with E-state index in [1.807, 2.05) is 6.92 Å². The third-order valence-electron chi connectivity index (χ3n) is 8.86. The second-order valence-corrected chi connectivity index (χ2v) is 21.5. The Morgan fingerprint density at radius 2 is 1.49 bits per heavy atom. The van der Waals surface area contributed by atoms with Crippen molar-refractivity contribution in [2.75, 3.05) is 33.0 Å². The molecule has 0 spiro atoms. The molecule has 35 heavy (non-hydrogen) atoms. The Morgan fingerprint density at radius 1 is 0.914 bits per heavy atom. The molecule has 0 bridgehead atoms. The maximum absolute atomic E-state index is 11.7. The Bertz CT molecular complexity index is 584. The highest BCUT2D eigenvalue weighted by Crippen LogP contribution is 2.45. The highest BCUT2D eigenvalue weighted by Gasteiger charge is 2.53. The highest BCUT2D eigenvalue weighted by molar-refractivity contribution is 6.74. The molecule has 1 saturated heterocycles. The van der Waals surface area contributed by atoms with Crippen LogP contribution in [0.2, 0.25) is 36.3 Å². The van der Waals surface area contributed by atoms with Gasteiger partial charge >= 0.3 is 0 Å². The molecule has 0 amide bonds. The molecule has 5 atom stereocenters. The third kappa shape index (κ3) is 9.16. The van der Waals surface area contributed by atoms with Gasteiger partial charge in [0.25, 0.3) is 0 Å². The van der Waals surface area contributed by atoms with Crippen LogP contribution in [-0.4, -0.2) is 72.8 Å². The SMILES string of the molecule is CCOCCOCCCC1(O)O[C@H](CO[Si](CC)(CC)CC)[C@H](O[Si](C)(C)C(C)(C)C)[C@@H](C)[C@@H]1C. The molecule has 1 unspecified atom stereocenters. The zero-order chi connectivity index (χ0) is 26.9. The van der Waals surface area contributed by atoms with Gasteiger partial charge in [-0.05, 0) is 55.5 Å². The van der Waals surface area contributed by atoms with E-state index in [2.05, 4.69) is 68.5 Å². The van der Waals surface area contributed by atoms with Gasteiger partial charge in [-0.3, -0.25) is 0 Å². The molecule has 1 fully saturated rings. The van der Waals surface area contributed by atoms with Crippen LogP contribution in [0.15, 0.2) is 0 Å². The Hall–Kier alpha value is 0.194. The van der Waals surface area contributed by atoms with Crippen LogP contribution in [0.25, 0.3) is 0 Å². The lowest BCUT2D eigenvalue weighted by Crippen LogP contribution is -2.62. The molecule has 1 heterocycles. The van der Waals surface area contributed by atoms with Crippen molar-refractivity contribution in [2.24, 2.45) is 11.8 Å². The van der Waals surface area contributed by atoms with Crippen LogP contribution < -0.4 is 0 Å². The fourth-order valence-corrected chi connectivity index (χ4v) is 8.72. The molecule has 0 aliphatic carbocycles. The van der Waals surface area contributed by atoms with Crippen molar-refractivity contribution in [1.29, 1.82) is 0 Å². The predicted molar refractivity (Wildman–Crippen MR) is 150 cm³/mol. The summed E-state index contributed by atoms with van der Waals surface area (Å²) in [5, 5.41) is 11.8. The Kier molecular flexibility index (Phi) is 13.6. The van der Waals surface area contributed by atoms with Gasteiger partial charge in [0.2, 0.25) is 0 Å². The van der Waals surface area contributed by atoms with Crippen LogP contribution in [0.3, 0.4) is 0 Å². The van der Waals surface area contributed by atoms with Crippen molar-refractivity contribution in [3.05, 3.63) is 0 Å². The first kappa shape index (κ1) is 33.2. The molecule has 0 radical (unpaired) electrons. The fourth-order valence-electron chi connectivity index (χ4n) is 4.69. The van der Waals surface area contributed by atoms with Gasteiger partial charge in [0.1, 0.15) is 6.10 Å². The zero-order valence-corrected chi connectivity index (χ0v) is 26.9. The van der Waals surface area contributed by atoms with E-state index in [1.54, 1.807) is 0 Å². The standard InChI is InChI=1S/C27H58O6Si2/c1-12-29-19-20-30-18-16-17-27(28)23(6)22(5)25(33-34(10,11)26(7,8)9)24(32-27)21-31-35(13-2,14-3)15-4/h22-25,28H,12-21H2,1-11H3/t22-,23-,24+,25+,27?/m0/s1. The summed E-state index contributed by atoms with van der Waals surface area (Å²) in [6, 6.07) is 3.28. The summed E-state index contributed by atoms with van der Waals surface area (Å²) in [6.07, 6.45) is 0.897. The van der Waals surface area contributed by atoms with Gasteiger partial charge in [0.15, 0.2) is 22.4 Å². The van der Waals surface area contributed by atoms with Crippen molar-refractivity contribution in [1.82, 2.24) is 0 Å². The maximum atomic E-state index is 11.7. The molecule has 0 aromatic heterocycles. The monoisotopic (exact) mass is 534 g/mol. The second kappa shape index (κ2) is 14.4. The summed E-state index contributed by atoms with van der Waals surface area (Å²) in [7, 11) is -3.83. The van der Waals surface area contributed by atoms with Crippen LogP contribution in [0.1, 0.15) is 75.2 Å². The molecule has 210 valence electrons. The van der Waals surface area contributed by atoms with E-state index in [1.165, 1.54) is 0 Å². The first-order valence-electron chi connectivity index (χ1n) is 14.1. The van der Waals surface area contributed by atoms with Crippen LogP contribution in [-0.2, 0) is 23.1 Å². The van der Waals surface area contributed by atoms with Crippen LogP contribution in [0.4, 0.5) is 0 Å². The number of hydrogen-bond acceptors (Lipinski definition) is 6. The fraction of sp³-hybridized carbons (Fsp3) is 1.00. The molecular formula is C27H58O6Si2. The van der Waals surface area contributed by atoms with Gasteiger partial charge in [0.05, 0.1) is 25.9 Å². The van der Waals surface area contributed by atoms with Crippen molar-refractivity contribution >= 4 is 16.6 Å². The average molecular weight is 535 g/mol. The normalized spacial score (nSPS) is 28.5. The molecule has 6 nitrogen and oxygen atoms in total. The smallest absolute Gasteiger partial charge is 0.192 e. The van der Waals surface area contributed by atoms with Crippen molar-refractivity contribution in [3.8, 4) is 0 Å². The summed E-state index contributed by atoms with van der Waals surface area (Å²) in [6.45, 7) is 27.4. The predicted octanol–water partition coefficient (Wildman–Crippen LogP) is 6.59. The first-order valence-corrected chi connectivity index (χ1v) is 19.5. The van der Waals surface area contributed by atoms with Gasteiger partial charge in [-0.25, -0.2) is 0 Å². The van der Waals surface area contributed by atoms with E-state index in [0.29, 0.717) is 39.5 Å². The van der Waals surface area contributed by atoms with Crippen LogP contribution >= 0.6 is 0 Å². The summed E-state index contributed by atoms with van der Waals surface area (Å²) in [5.74, 6) is -1.11. The van der Waals surface area contributed by atoms with Gasteiger partial charge in [-0.2, -0.15) is 0 Å². The van der Waals surface area contributed by atoms with Crippen LogP contribution in [0.5, 0.6) is 0 Å².